The summed E-state index contributed by atoms with van der Waals surface area (Å²) in [6.45, 7) is 2.94. The van der Waals surface area contributed by atoms with E-state index in [1.807, 2.05) is 0 Å². The highest BCUT2D eigenvalue weighted by atomic mass is 35.5. The van der Waals surface area contributed by atoms with Gasteiger partial charge in [-0.25, -0.2) is 4.98 Å². The molecular weight excluding hydrogens is 240 g/mol. The molecule has 1 fully saturated rings. The molecule has 96 valence electrons. The standard InChI is InChI=1S/C11H18N4O.ClH/c1-15(9-3-4-12-7-9)8-10-11(16-2)14-6-5-13-10;/h5-6,9,12H,3-4,7-8H2,1-2H3;1H/t9-;/m1./s1. The van der Waals surface area contributed by atoms with Crippen molar-refractivity contribution in [2.45, 2.75) is 19.0 Å². The Morgan fingerprint density at radius 1 is 1.47 bits per heavy atom. The molecule has 1 atom stereocenters. The van der Waals surface area contributed by atoms with Crippen LogP contribution in [0.5, 0.6) is 5.88 Å². The minimum Gasteiger partial charge on any atom is -0.480 e. The number of hydrogen-bond acceptors (Lipinski definition) is 5. The molecule has 0 saturated carbocycles. The fourth-order valence-electron chi connectivity index (χ4n) is 2.01. The number of rotatable bonds is 4. The van der Waals surface area contributed by atoms with Gasteiger partial charge in [0.25, 0.3) is 0 Å². The molecule has 1 aliphatic rings. The van der Waals surface area contributed by atoms with Crippen molar-refractivity contribution in [1.82, 2.24) is 20.2 Å². The summed E-state index contributed by atoms with van der Waals surface area (Å²) < 4.78 is 5.19. The minimum atomic E-state index is 0. The van der Waals surface area contributed by atoms with Gasteiger partial charge in [-0.05, 0) is 20.0 Å². The lowest BCUT2D eigenvalue weighted by molar-refractivity contribution is 0.240. The van der Waals surface area contributed by atoms with Crippen LogP contribution in [0.25, 0.3) is 0 Å². The average molecular weight is 259 g/mol. The van der Waals surface area contributed by atoms with E-state index < -0.39 is 0 Å². The van der Waals surface area contributed by atoms with Crippen LogP contribution in [-0.2, 0) is 6.54 Å². The number of ether oxygens (including phenoxy) is 1. The summed E-state index contributed by atoms with van der Waals surface area (Å²) in [5.74, 6) is 0.625. The van der Waals surface area contributed by atoms with E-state index in [2.05, 4.69) is 27.2 Å². The van der Waals surface area contributed by atoms with Gasteiger partial charge in [-0.15, -0.1) is 12.4 Å². The minimum absolute atomic E-state index is 0. The molecule has 0 spiro atoms. The zero-order valence-electron chi connectivity index (χ0n) is 10.2. The van der Waals surface area contributed by atoms with Gasteiger partial charge in [-0.3, -0.25) is 9.88 Å². The van der Waals surface area contributed by atoms with Crippen LogP contribution in [0.15, 0.2) is 12.4 Å². The Morgan fingerprint density at radius 3 is 2.88 bits per heavy atom. The first-order valence-electron chi connectivity index (χ1n) is 5.56. The largest absolute Gasteiger partial charge is 0.480 e. The van der Waals surface area contributed by atoms with E-state index in [1.165, 1.54) is 6.42 Å². The second kappa shape index (κ2) is 6.74. The van der Waals surface area contributed by atoms with Gasteiger partial charge in [0.05, 0.1) is 7.11 Å². The molecule has 1 aromatic heterocycles. The third-order valence-electron chi connectivity index (χ3n) is 2.99. The van der Waals surface area contributed by atoms with Gasteiger partial charge < -0.3 is 10.1 Å². The maximum atomic E-state index is 5.19. The molecule has 2 heterocycles. The van der Waals surface area contributed by atoms with E-state index in [4.69, 9.17) is 4.74 Å². The molecule has 17 heavy (non-hydrogen) atoms. The normalized spacial score (nSPS) is 19.1. The molecule has 0 bridgehead atoms. The molecule has 0 unspecified atom stereocenters. The Bertz CT molecular complexity index is 344. The van der Waals surface area contributed by atoms with Gasteiger partial charge in [0.2, 0.25) is 5.88 Å². The van der Waals surface area contributed by atoms with Gasteiger partial charge in [-0.1, -0.05) is 0 Å². The number of hydrogen-bond donors (Lipinski definition) is 1. The number of halogens is 1. The first-order valence-corrected chi connectivity index (χ1v) is 5.56. The van der Waals surface area contributed by atoms with E-state index in [-0.39, 0.29) is 12.4 Å². The molecule has 5 nitrogen and oxygen atoms in total. The fourth-order valence-corrected chi connectivity index (χ4v) is 2.01. The van der Waals surface area contributed by atoms with Crippen LogP contribution in [0.4, 0.5) is 0 Å². The zero-order valence-corrected chi connectivity index (χ0v) is 11.0. The molecular formula is C11H19ClN4O. The van der Waals surface area contributed by atoms with E-state index in [9.17, 15) is 0 Å². The van der Waals surface area contributed by atoms with Gasteiger partial charge in [0.15, 0.2) is 0 Å². The summed E-state index contributed by atoms with van der Waals surface area (Å²) in [5.41, 5.74) is 0.902. The number of likely N-dealkylation sites (N-methyl/N-ethyl adjacent to an activating group) is 1. The average Bonchev–Trinajstić information content (AvgIpc) is 2.83. The van der Waals surface area contributed by atoms with Crippen molar-refractivity contribution >= 4 is 12.4 Å². The molecule has 2 rings (SSSR count). The second-order valence-corrected chi connectivity index (χ2v) is 4.07. The Kier molecular flexibility index (Phi) is 5.61. The molecule has 0 radical (unpaired) electrons. The summed E-state index contributed by atoms with van der Waals surface area (Å²) in [4.78, 5) is 10.8. The summed E-state index contributed by atoms with van der Waals surface area (Å²) in [7, 11) is 3.75. The summed E-state index contributed by atoms with van der Waals surface area (Å²) in [6, 6.07) is 0.590. The lowest BCUT2D eigenvalue weighted by atomic mass is 10.2. The van der Waals surface area contributed by atoms with Crippen LogP contribution in [0, 0.1) is 0 Å². The van der Waals surface area contributed by atoms with Gasteiger partial charge >= 0.3 is 0 Å². The van der Waals surface area contributed by atoms with Crippen molar-refractivity contribution in [3.63, 3.8) is 0 Å². The predicted molar refractivity (Wildman–Crippen MR) is 68.6 cm³/mol. The van der Waals surface area contributed by atoms with Gasteiger partial charge in [-0.2, -0.15) is 0 Å². The van der Waals surface area contributed by atoms with Gasteiger partial charge in [0, 0.05) is 31.5 Å². The summed E-state index contributed by atoms with van der Waals surface area (Å²) >= 11 is 0. The molecule has 1 N–H and O–H groups in total. The maximum Gasteiger partial charge on any atom is 0.236 e. The van der Waals surface area contributed by atoms with Crippen LogP contribution >= 0.6 is 12.4 Å². The number of nitrogens with zero attached hydrogens (tertiary/aromatic N) is 3. The Labute approximate surface area is 108 Å². The van der Waals surface area contributed by atoms with Crippen LogP contribution in [-0.4, -0.2) is 48.2 Å². The van der Waals surface area contributed by atoms with Crippen LogP contribution in [0.3, 0.4) is 0 Å². The summed E-state index contributed by atoms with van der Waals surface area (Å²) in [6.07, 6.45) is 4.55. The van der Waals surface area contributed by atoms with Crippen molar-refractivity contribution in [3.8, 4) is 5.88 Å². The summed E-state index contributed by atoms with van der Waals surface area (Å²) in [5, 5.41) is 3.36. The van der Waals surface area contributed by atoms with E-state index in [0.717, 1.165) is 25.3 Å². The molecule has 0 aromatic carbocycles. The number of methoxy groups -OCH3 is 1. The highest BCUT2D eigenvalue weighted by molar-refractivity contribution is 5.85. The topological polar surface area (TPSA) is 50.3 Å². The van der Waals surface area contributed by atoms with Crippen LogP contribution in [0.1, 0.15) is 12.1 Å². The number of aromatic nitrogens is 2. The zero-order chi connectivity index (χ0) is 11.4. The predicted octanol–water partition coefficient (Wildman–Crippen LogP) is 0.701. The van der Waals surface area contributed by atoms with Crippen LogP contribution < -0.4 is 10.1 Å². The van der Waals surface area contributed by atoms with Gasteiger partial charge in [0.1, 0.15) is 5.69 Å². The molecule has 1 saturated heterocycles. The molecule has 0 amide bonds. The first-order chi connectivity index (χ1) is 7.81. The van der Waals surface area contributed by atoms with Crippen molar-refractivity contribution < 1.29 is 4.74 Å². The van der Waals surface area contributed by atoms with Crippen molar-refractivity contribution in [3.05, 3.63) is 18.1 Å². The molecule has 1 aromatic rings. The lowest BCUT2D eigenvalue weighted by Crippen LogP contribution is -2.33. The Balaban J connectivity index is 0.00000144. The highest BCUT2D eigenvalue weighted by Crippen LogP contribution is 2.15. The Hall–Kier alpha value is -0.910. The quantitative estimate of drug-likeness (QED) is 0.862. The van der Waals surface area contributed by atoms with Crippen molar-refractivity contribution in [2.24, 2.45) is 0 Å². The van der Waals surface area contributed by atoms with Crippen molar-refractivity contribution in [1.29, 1.82) is 0 Å². The fraction of sp³-hybridized carbons (Fsp3) is 0.636. The molecule has 6 heteroatoms. The molecule has 0 aliphatic carbocycles. The third-order valence-corrected chi connectivity index (χ3v) is 2.99. The van der Waals surface area contributed by atoms with E-state index >= 15 is 0 Å². The first kappa shape index (κ1) is 14.2. The molecule has 1 aliphatic heterocycles. The maximum absolute atomic E-state index is 5.19. The van der Waals surface area contributed by atoms with E-state index in [0.29, 0.717) is 11.9 Å². The second-order valence-electron chi connectivity index (χ2n) is 4.07. The van der Waals surface area contributed by atoms with Crippen LogP contribution in [0.2, 0.25) is 0 Å². The van der Waals surface area contributed by atoms with E-state index in [1.54, 1.807) is 19.5 Å². The van der Waals surface area contributed by atoms with Crippen molar-refractivity contribution in [2.75, 3.05) is 27.2 Å². The smallest absolute Gasteiger partial charge is 0.236 e. The monoisotopic (exact) mass is 258 g/mol. The SMILES string of the molecule is COc1nccnc1CN(C)[C@@H]1CCNC1.Cl. The highest BCUT2D eigenvalue weighted by Gasteiger charge is 2.20. The lowest BCUT2D eigenvalue weighted by Gasteiger charge is -2.23. The number of nitrogens with one attached hydrogen (secondary N) is 1. The third kappa shape index (κ3) is 3.52. The Morgan fingerprint density at radius 2 is 2.24 bits per heavy atom.